The molecule has 0 unspecified atom stereocenters. The Balaban J connectivity index is 1.79. The summed E-state index contributed by atoms with van der Waals surface area (Å²) in [5.41, 5.74) is 2.48. The molecule has 0 radical (unpaired) electrons. The van der Waals surface area contributed by atoms with Crippen LogP contribution in [0.4, 0.5) is 11.4 Å². The van der Waals surface area contributed by atoms with Crippen LogP contribution in [-0.2, 0) is 14.8 Å². The second kappa shape index (κ2) is 8.62. The number of carbonyl (C=O) groups excluding carboxylic acids is 1. The number of hydrogen-bond acceptors (Lipinski definition) is 6. The van der Waals surface area contributed by atoms with Gasteiger partial charge in [0.1, 0.15) is 15.6 Å². The number of para-hydroxylation sites is 1. The van der Waals surface area contributed by atoms with E-state index >= 15 is 0 Å². The van der Waals surface area contributed by atoms with E-state index in [0.29, 0.717) is 29.2 Å². The lowest BCUT2D eigenvalue weighted by Gasteiger charge is -2.08. The molecule has 1 amide bonds. The van der Waals surface area contributed by atoms with Gasteiger partial charge in [-0.25, -0.2) is 8.42 Å². The molecule has 0 aliphatic carbocycles. The van der Waals surface area contributed by atoms with Gasteiger partial charge in [0.15, 0.2) is 5.76 Å². The van der Waals surface area contributed by atoms with Gasteiger partial charge in [0.25, 0.3) is 10.0 Å². The maximum Gasteiger partial charge on any atom is 0.271 e. The number of nitrogens with zero attached hydrogens (tertiary/aromatic N) is 1. The van der Waals surface area contributed by atoms with Crippen molar-refractivity contribution in [1.29, 1.82) is 0 Å². The summed E-state index contributed by atoms with van der Waals surface area (Å²) in [5, 5.41) is 6.63. The zero-order valence-corrected chi connectivity index (χ0v) is 17.9. The lowest BCUT2D eigenvalue weighted by Crippen LogP contribution is -2.12. The molecule has 29 heavy (non-hydrogen) atoms. The minimum atomic E-state index is -3.68. The van der Waals surface area contributed by atoms with Gasteiger partial charge in [-0.1, -0.05) is 30.3 Å². The first-order valence-electron chi connectivity index (χ1n) is 8.92. The average molecular weight is 432 g/mol. The normalized spacial score (nSPS) is 11.7. The number of anilines is 2. The van der Waals surface area contributed by atoms with Gasteiger partial charge in [0.05, 0.1) is 5.69 Å². The van der Waals surface area contributed by atoms with E-state index in [0.717, 1.165) is 21.8 Å². The van der Waals surface area contributed by atoms with E-state index in [1.807, 2.05) is 19.1 Å². The summed E-state index contributed by atoms with van der Waals surface area (Å²) in [7, 11) is -3.68. The molecule has 2 aromatic heterocycles. The Kier molecular flexibility index (Phi) is 6.19. The number of rotatable bonds is 7. The maximum absolute atomic E-state index is 12.7. The van der Waals surface area contributed by atoms with Gasteiger partial charge in [-0.3, -0.25) is 9.52 Å². The predicted octanol–water partition coefficient (Wildman–Crippen LogP) is 4.67. The van der Waals surface area contributed by atoms with Crippen molar-refractivity contribution < 1.29 is 17.7 Å². The molecule has 152 valence electrons. The van der Waals surface area contributed by atoms with Gasteiger partial charge >= 0.3 is 0 Å². The maximum atomic E-state index is 12.7. The number of sulfonamides is 1. The van der Waals surface area contributed by atoms with Crippen molar-refractivity contribution in [3.05, 3.63) is 58.3 Å². The molecule has 0 aliphatic rings. The molecule has 3 aromatic rings. The van der Waals surface area contributed by atoms with Gasteiger partial charge in [-0.05, 0) is 49.8 Å². The highest BCUT2D eigenvalue weighted by atomic mass is 32.2. The molecular weight excluding hydrogens is 410 g/mol. The fourth-order valence-corrected chi connectivity index (χ4v) is 4.85. The first kappa shape index (κ1) is 20.8. The van der Waals surface area contributed by atoms with Gasteiger partial charge in [0.2, 0.25) is 5.91 Å². The van der Waals surface area contributed by atoms with Crippen molar-refractivity contribution >= 4 is 50.8 Å². The number of carbonyl (C=O) groups is 1. The molecule has 0 saturated carbocycles. The SMILES string of the molecule is CCC(=O)Nc1c(C)noc1/C=C/c1ccc(S(=O)(=O)Nc2ccccc2C)s1. The molecule has 7 nitrogen and oxygen atoms in total. The molecule has 0 saturated heterocycles. The standard InChI is InChI=1S/C20H21N3O4S2/c1-4-18(24)21-20-14(3)22-27-17(20)11-9-15-10-12-19(28-15)29(25,26)23-16-8-6-5-7-13(16)2/h5-12,23H,4H2,1-3H3,(H,21,24)/b11-9+. The molecule has 0 aliphatic heterocycles. The summed E-state index contributed by atoms with van der Waals surface area (Å²) in [4.78, 5) is 12.4. The first-order valence-corrected chi connectivity index (χ1v) is 11.2. The Labute approximate surface area is 173 Å². The van der Waals surface area contributed by atoms with Gasteiger partial charge < -0.3 is 9.84 Å². The minimum Gasteiger partial charge on any atom is -0.354 e. The van der Waals surface area contributed by atoms with E-state index in [4.69, 9.17) is 4.52 Å². The van der Waals surface area contributed by atoms with Crippen LogP contribution >= 0.6 is 11.3 Å². The third-order valence-electron chi connectivity index (χ3n) is 4.13. The Morgan fingerprint density at radius 1 is 1.17 bits per heavy atom. The fraction of sp³-hybridized carbons (Fsp3) is 0.200. The number of amides is 1. The van der Waals surface area contributed by atoms with Crippen molar-refractivity contribution in [2.45, 2.75) is 31.4 Å². The summed E-state index contributed by atoms with van der Waals surface area (Å²) in [6.07, 6.45) is 3.72. The Hall–Kier alpha value is -2.91. The molecule has 9 heteroatoms. The van der Waals surface area contributed by atoms with Crippen LogP contribution < -0.4 is 10.0 Å². The van der Waals surface area contributed by atoms with Crippen LogP contribution in [0.3, 0.4) is 0 Å². The molecular formula is C20H21N3O4S2. The molecule has 3 rings (SSSR count). The highest BCUT2D eigenvalue weighted by Crippen LogP contribution is 2.28. The molecule has 0 bridgehead atoms. The number of hydrogen-bond donors (Lipinski definition) is 2. The van der Waals surface area contributed by atoms with E-state index in [1.165, 1.54) is 0 Å². The largest absolute Gasteiger partial charge is 0.354 e. The van der Waals surface area contributed by atoms with Crippen LogP contribution in [0.5, 0.6) is 0 Å². The lowest BCUT2D eigenvalue weighted by atomic mass is 10.2. The first-order chi connectivity index (χ1) is 13.8. The number of aryl methyl sites for hydroxylation is 2. The summed E-state index contributed by atoms with van der Waals surface area (Å²) < 4.78 is 33.4. The Morgan fingerprint density at radius 3 is 2.66 bits per heavy atom. The number of thiophene rings is 1. The van der Waals surface area contributed by atoms with E-state index < -0.39 is 10.0 Å². The molecule has 0 atom stereocenters. The summed E-state index contributed by atoms with van der Waals surface area (Å²) >= 11 is 1.13. The van der Waals surface area contributed by atoms with Crippen LogP contribution in [0.1, 0.15) is 35.2 Å². The third kappa shape index (κ3) is 4.93. The monoisotopic (exact) mass is 431 g/mol. The van der Waals surface area contributed by atoms with Gasteiger partial charge in [0, 0.05) is 11.3 Å². The van der Waals surface area contributed by atoms with Gasteiger partial charge in [-0.15, -0.1) is 11.3 Å². The second-order valence-corrected chi connectivity index (χ2v) is 9.34. The van der Waals surface area contributed by atoms with E-state index in [1.54, 1.807) is 50.3 Å². The summed E-state index contributed by atoms with van der Waals surface area (Å²) in [6, 6.07) is 10.5. The van der Waals surface area contributed by atoms with E-state index in [9.17, 15) is 13.2 Å². The molecule has 2 N–H and O–H groups in total. The molecule has 2 heterocycles. The van der Waals surface area contributed by atoms with Crippen LogP contribution in [0.25, 0.3) is 12.2 Å². The topological polar surface area (TPSA) is 101 Å². The summed E-state index contributed by atoms with van der Waals surface area (Å²) in [5.74, 6) is 0.262. The third-order valence-corrected chi connectivity index (χ3v) is 7.04. The van der Waals surface area contributed by atoms with Gasteiger partial charge in [-0.2, -0.15) is 0 Å². The number of aromatic nitrogens is 1. The fourth-order valence-electron chi connectivity index (χ4n) is 2.49. The molecule has 1 aromatic carbocycles. The van der Waals surface area contributed by atoms with Crippen molar-refractivity contribution in [2.75, 3.05) is 10.0 Å². The smallest absolute Gasteiger partial charge is 0.271 e. The van der Waals surface area contributed by atoms with E-state index in [2.05, 4.69) is 15.2 Å². The van der Waals surface area contributed by atoms with Crippen LogP contribution in [0.15, 0.2) is 45.1 Å². The number of nitrogens with one attached hydrogen (secondary N) is 2. The zero-order chi connectivity index (χ0) is 21.0. The highest BCUT2D eigenvalue weighted by molar-refractivity contribution is 7.94. The van der Waals surface area contributed by atoms with Crippen LogP contribution in [0.2, 0.25) is 0 Å². The van der Waals surface area contributed by atoms with Crippen LogP contribution in [0, 0.1) is 13.8 Å². The Bertz CT molecular complexity index is 1160. The lowest BCUT2D eigenvalue weighted by molar-refractivity contribution is -0.115. The minimum absolute atomic E-state index is 0.141. The van der Waals surface area contributed by atoms with Crippen molar-refractivity contribution in [3.63, 3.8) is 0 Å². The molecule has 0 fully saturated rings. The average Bonchev–Trinajstić information content (AvgIpc) is 3.30. The summed E-state index contributed by atoms with van der Waals surface area (Å²) in [6.45, 7) is 5.33. The highest BCUT2D eigenvalue weighted by Gasteiger charge is 2.18. The van der Waals surface area contributed by atoms with E-state index in [-0.39, 0.29) is 10.1 Å². The van der Waals surface area contributed by atoms with Crippen LogP contribution in [-0.4, -0.2) is 19.5 Å². The second-order valence-electron chi connectivity index (χ2n) is 6.32. The van der Waals surface area contributed by atoms with Crippen molar-refractivity contribution in [1.82, 2.24) is 5.16 Å². The molecule has 0 spiro atoms. The van der Waals surface area contributed by atoms with Crippen molar-refractivity contribution in [3.8, 4) is 0 Å². The number of benzene rings is 1. The Morgan fingerprint density at radius 2 is 1.93 bits per heavy atom. The van der Waals surface area contributed by atoms with Crippen molar-refractivity contribution in [2.24, 2.45) is 0 Å². The predicted molar refractivity (Wildman–Crippen MR) is 115 cm³/mol. The quantitative estimate of drug-likeness (QED) is 0.566. The zero-order valence-electron chi connectivity index (χ0n) is 16.2.